The molecule has 2 bridgehead atoms. The van der Waals surface area contributed by atoms with Gasteiger partial charge in [-0.25, -0.2) is 4.39 Å². The lowest BCUT2D eigenvalue weighted by Crippen LogP contribution is -2.47. The van der Waals surface area contributed by atoms with Gasteiger partial charge in [0.15, 0.2) is 6.61 Å². The molecule has 8 heteroatoms. The van der Waals surface area contributed by atoms with E-state index in [1.807, 2.05) is 15.5 Å². The number of aromatic nitrogens is 2. The average Bonchev–Trinajstić information content (AvgIpc) is 3.17. The molecule has 152 valence electrons. The van der Waals surface area contributed by atoms with Crippen LogP contribution >= 0.6 is 0 Å². The highest BCUT2D eigenvalue weighted by Crippen LogP contribution is 2.38. The first-order valence-electron chi connectivity index (χ1n) is 9.83. The molecule has 1 fully saturated rings. The van der Waals surface area contributed by atoms with Gasteiger partial charge in [-0.3, -0.25) is 4.79 Å². The van der Waals surface area contributed by atoms with Crippen LogP contribution in [0.15, 0.2) is 51.7 Å². The highest BCUT2D eigenvalue weighted by molar-refractivity contribution is 5.49. The van der Waals surface area contributed by atoms with Crippen molar-refractivity contribution in [2.75, 3.05) is 18.0 Å². The van der Waals surface area contributed by atoms with E-state index in [9.17, 15) is 14.4 Å². The summed E-state index contributed by atoms with van der Waals surface area (Å²) in [4.78, 5) is 18.5. The third kappa shape index (κ3) is 3.32. The highest BCUT2D eigenvalue weighted by atomic mass is 19.1. The molecule has 2 aliphatic rings. The smallest absolute Gasteiger partial charge is 0.250 e. The van der Waals surface area contributed by atoms with Crippen molar-refractivity contribution in [1.29, 1.82) is 5.26 Å². The summed E-state index contributed by atoms with van der Waals surface area (Å²) in [5.41, 5.74) is 1.28. The Morgan fingerprint density at radius 3 is 2.83 bits per heavy atom. The van der Waals surface area contributed by atoms with Crippen LogP contribution in [-0.4, -0.2) is 22.6 Å². The maximum absolute atomic E-state index is 13.0. The molecule has 0 amide bonds. The summed E-state index contributed by atoms with van der Waals surface area (Å²) in [5.74, 6) is 1.37. The van der Waals surface area contributed by atoms with Crippen molar-refractivity contribution in [3.8, 4) is 11.8 Å². The predicted molar refractivity (Wildman–Crippen MR) is 106 cm³/mol. The van der Waals surface area contributed by atoms with Crippen LogP contribution in [0.25, 0.3) is 0 Å². The third-order valence-corrected chi connectivity index (χ3v) is 5.70. The summed E-state index contributed by atoms with van der Waals surface area (Å²) in [6, 6.07) is 13.2. The molecule has 2 aliphatic heterocycles. The highest BCUT2D eigenvalue weighted by Gasteiger charge is 2.36. The quantitative estimate of drug-likeness (QED) is 0.662. The molecule has 1 saturated heterocycles. The van der Waals surface area contributed by atoms with Gasteiger partial charge in [0, 0.05) is 37.3 Å². The number of anilines is 1. The van der Waals surface area contributed by atoms with Crippen molar-refractivity contribution in [3.63, 3.8) is 0 Å². The van der Waals surface area contributed by atoms with E-state index in [0.29, 0.717) is 43.1 Å². The summed E-state index contributed by atoms with van der Waals surface area (Å²) in [6.07, 6.45) is 1.01. The van der Waals surface area contributed by atoms with E-state index < -0.39 is 0 Å². The van der Waals surface area contributed by atoms with Crippen LogP contribution in [0.5, 0.6) is 5.75 Å². The van der Waals surface area contributed by atoms with Gasteiger partial charge >= 0.3 is 0 Å². The minimum Gasteiger partial charge on any atom is -0.484 e. The lowest BCUT2D eigenvalue weighted by Gasteiger charge is -2.42. The molecule has 0 aliphatic carbocycles. The number of pyridine rings is 1. The number of oxazole rings is 1. The Morgan fingerprint density at radius 2 is 2.03 bits per heavy atom. The molecule has 0 radical (unpaired) electrons. The molecule has 0 N–H and O–H groups in total. The van der Waals surface area contributed by atoms with Crippen LogP contribution in [0.1, 0.15) is 29.6 Å². The number of hydrogen-bond acceptors (Lipinski definition) is 6. The zero-order valence-corrected chi connectivity index (χ0v) is 16.1. The number of piperidine rings is 1. The lowest BCUT2D eigenvalue weighted by molar-refractivity contribution is 0.254. The maximum atomic E-state index is 13.0. The second-order valence-electron chi connectivity index (χ2n) is 7.72. The number of rotatable bonds is 4. The van der Waals surface area contributed by atoms with Gasteiger partial charge in [0.25, 0.3) is 5.56 Å². The fourth-order valence-corrected chi connectivity index (χ4v) is 4.44. The number of hydrogen-bond donors (Lipinski definition) is 0. The van der Waals surface area contributed by atoms with Crippen molar-refractivity contribution in [2.24, 2.45) is 5.92 Å². The largest absolute Gasteiger partial charge is 0.484 e. The molecule has 0 unspecified atom stereocenters. The number of ether oxygens (including phenoxy) is 1. The topological polar surface area (TPSA) is 84.3 Å². The second kappa shape index (κ2) is 7.34. The van der Waals surface area contributed by atoms with Gasteiger partial charge in [-0.1, -0.05) is 6.07 Å². The van der Waals surface area contributed by atoms with Crippen molar-refractivity contribution >= 4 is 5.88 Å². The molecule has 3 aromatic rings. The molecule has 4 heterocycles. The van der Waals surface area contributed by atoms with Crippen LogP contribution in [-0.2, 0) is 13.2 Å². The van der Waals surface area contributed by atoms with Crippen molar-refractivity contribution < 1.29 is 13.5 Å². The third-order valence-electron chi connectivity index (χ3n) is 5.70. The number of nitrogens with zero attached hydrogens (tertiary/aromatic N) is 4. The predicted octanol–water partition coefficient (Wildman–Crippen LogP) is 3.05. The van der Waals surface area contributed by atoms with Crippen molar-refractivity contribution in [1.82, 2.24) is 9.55 Å². The van der Waals surface area contributed by atoms with Crippen molar-refractivity contribution in [3.05, 3.63) is 75.9 Å². The van der Waals surface area contributed by atoms with Gasteiger partial charge < -0.3 is 18.6 Å². The Morgan fingerprint density at radius 1 is 1.20 bits per heavy atom. The van der Waals surface area contributed by atoms with Crippen LogP contribution in [0, 0.1) is 23.1 Å². The van der Waals surface area contributed by atoms with Gasteiger partial charge in [0.05, 0.1) is 0 Å². The van der Waals surface area contributed by atoms with Crippen LogP contribution in [0.2, 0.25) is 0 Å². The standard InChI is InChI=1S/C22H19FN4O3/c23-16-4-6-17(7-5-16)29-13-20-25-18(9-24)22(30-20)26-10-14-8-15(12-26)19-2-1-3-21(28)27(19)11-14/h1-7,14-15H,8,10-13H2/t14-,15-/m0/s1. The van der Waals surface area contributed by atoms with Crippen LogP contribution < -0.4 is 15.2 Å². The van der Waals surface area contributed by atoms with Gasteiger partial charge in [0.2, 0.25) is 17.5 Å². The zero-order chi connectivity index (χ0) is 20.7. The first-order valence-corrected chi connectivity index (χ1v) is 9.83. The van der Waals surface area contributed by atoms with E-state index >= 15 is 0 Å². The van der Waals surface area contributed by atoms with Crippen LogP contribution in [0.4, 0.5) is 10.3 Å². The minimum absolute atomic E-state index is 0.0354. The van der Waals surface area contributed by atoms with Crippen molar-refractivity contribution in [2.45, 2.75) is 25.5 Å². The van der Waals surface area contributed by atoms with E-state index in [1.165, 1.54) is 24.3 Å². The summed E-state index contributed by atoms with van der Waals surface area (Å²) in [5, 5.41) is 9.55. The number of fused-ring (bicyclic) bond motifs is 4. The Labute approximate surface area is 171 Å². The normalized spacial score (nSPS) is 19.8. The molecule has 0 saturated carbocycles. The van der Waals surface area contributed by atoms with E-state index in [-0.39, 0.29) is 29.6 Å². The zero-order valence-electron chi connectivity index (χ0n) is 16.1. The molecule has 30 heavy (non-hydrogen) atoms. The van der Waals surface area contributed by atoms with E-state index in [2.05, 4.69) is 11.1 Å². The average molecular weight is 406 g/mol. The maximum Gasteiger partial charge on any atom is 0.250 e. The van der Waals surface area contributed by atoms with Gasteiger partial charge in [-0.05, 0) is 42.7 Å². The molecule has 1 aromatic carbocycles. The Bertz CT molecular complexity index is 1180. The number of nitriles is 1. The minimum atomic E-state index is -0.341. The van der Waals surface area contributed by atoms with Gasteiger partial charge in [-0.15, -0.1) is 0 Å². The molecule has 2 atom stereocenters. The fraction of sp³-hybridized carbons (Fsp3) is 0.318. The molecular weight excluding hydrogens is 387 g/mol. The summed E-state index contributed by atoms with van der Waals surface area (Å²) >= 11 is 0. The molecule has 7 nitrogen and oxygen atoms in total. The Balaban J connectivity index is 1.36. The lowest BCUT2D eigenvalue weighted by atomic mass is 9.83. The first kappa shape index (κ1) is 18.4. The van der Waals surface area contributed by atoms with Crippen LogP contribution in [0.3, 0.4) is 0 Å². The monoisotopic (exact) mass is 406 g/mol. The fourth-order valence-electron chi connectivity index (χ4n) is 4.44. The van der Waals surface area contributed by atoms with Gasteiger partial charge in [0.1, 0.15) is 17.6 Å². The number of benzene rings is 1. The Kier molecular flexibility index (Phi) is 4.51. The molecule has 5 rings (SSSR count). The second-order valence-corrected chi connectivity index (χ2v) is 7.72. The summed E-state index contributed by atoms with van der Waals surface area (Å²) < 4.78 is 26.4. The van der Waals surface area contributed by atoms with E-state index in [0.717, 1.165) is 12.1 Å². The summed E-state index contributed by atoms with van der Waals surface area (Å²) in [7, 11) is 0. The SMILES string of the molecule is N#Cc1nc(COc2ccc(F)cc2)oc1N1C[C@@H]2C[C@@H](C1)c1cccc(=O)n1C2. The van der Waals surface area contributed by atoms with E-state index in [4.69, 9.17) is 9.15 Å². The first-order chi connectivity index (χ1) is 14.6. The van der Waals surface area contributed by atoms with E-state index in [1.54, 1.807) is 12.1 Å². The molecular formula is C22H19FN4O3. The molecule has 0 spiro atoms. The summed E-state index contributed by atoms with van der Waals surface area (Å²) in [6.45, 7) is 2.05. The molecule has 2 aromatic heterocycles. The number of halogens is 1. The Hall–Kier alpha value is -3.60. The van der Waals surface area contributed by atoms with Gasteiger partial charge in [-0.2, -0.15) is 10.2 Å².